The van der Waals surface area contributed by atoms with Crippen molar-refractivity contribution >= 4 is 5.57 Å². The average molecular weight is 301 g/mol. The first-order valence-electron chi connectivity index (χ1n) is 8.67. The molecule has 1 heterocycles. The van der Waals surface area contributed by atoms with Crippen LogP contribution in [-0.4, -0.2) is 22.9 Å². The van der Waals surface area contributed by atoms with E-state index in [1.807, 2.05) is 19.3 Å². The lowest BCUT2D eigenvalue weighted by Gasteiger charge is -2.22. The van der Waals surface area contributed by atoms with Crippen LogP contribution in [0.4, 0.5) is 0 Å². The molecule has 0 bridgehead atoms. The minimum absolute atomic E-state index is 0.303. The Hall–Kier alpha value is -1.35. The summed E-state index contributed by atoms with van der Waals surface area (Å²) in [5, 5.41) is 7.98. The number of nitrogens with zero attached hydrogens (tertiary/aromatic N) is 2. The normalized spacial score (nSPS) is 19.8. The highest BCUT2D eigenvalue weighted by Gasteiger charge is 2.25. The van der Waals surface area contributed by atoms with Gasteiger partial charge in [0, 0.05) is 17.8 Å². The summed E-state index contributed by atoms with van der Waals surface area (Å²) in [6, 6.07) is 0.857. The zero-order valence-electron chi connectivity index (χ0n) is 14.6. The molecule has 3 nitrogen and oxygen atoms in total. The van der Waals surface area contributed by atoms with E-state index in [-0.39, 0.29) is 0 Å². The Labute approximate surface area is 135 Å². The molecule has 122 valence electrons. The molecule has 0 radical (unpaired) electrons. The third-order valence-corrected chi connectivity index (χ3v) is 5.29. The number of aromatic nitrogens is 2. The molecule has 0 aliphatic heterocycles. The molecule has 1 aliphatic rings. The van der Waals surface area contributed by atoms with Gasteiger partial charge < -0.3 is 5.32 Å². The van der Waals surface area contributed by atoms with Crippen LogP contribution < -0.4 is 5.32 Å². The third-order valence-electron chi connectivity index (χ3n) is 5.29. The fourth-order valence-corrected chi connectivity index (χ4v) is 3.77. The van der Waals surface area contributed by atoms with Crippen molar-refractivity contribution < 1.29 is 0 Å². The Morgan fingerprint density at radius 2 is 2.18 bits per heavy atom. The van der Waals surface area contributed by atoms with Crippen molar-refractivity contribution in [3.8, 4) is 0 Å². The lowest BCUT2D eigenvalue weighted by molar-refractivity contribution is 0.301. The van der Waals surface area contributed by atoms with Gasteiger partial charge in [-0.25, -0.2) is 0 Å². The molecule has 1 saturated carbocycles. The van der Waals surface area contributed by atoms with Gasteiger partial charge in [0.2, 0.25) is 0 Å². The van der Waals surface area contributed by atoms with Crippen LogP contribution in [0.2, 0.25) is 0 Å². The molecule has 1 aromatic heterocycles. The van der Waals surface area contributed by atoms with Crippen molar-refractivity contribution in [1.29, 1.82) is 0 Å². The molecular formula is C19H31N3. The van der Waals surface area contributed by atoms with Crippen LogP contribution in [0.15, 0.2) is 30.6 Å². The van der Waals surface area contributed by atoms with Crippen molar-refractivity contribution in [3.63, 3.8) is 0 Å². The highest BCUT2D eigenvalue weighted by molar-refractivity contribution is 5.69. The van der Waals surface area contributed by atoms with E-state index in [2.05, 4.69) is 48.6 Å². The summed E-state index contributed by atoms with van der Waals surface area (Å²) in [7, 11) is 1.98. The van der Waals surface area contributed by atoms with Crippen LogP contribution in [0.5, 0.6) is 0 Å². The van der Waals surface area contributed by atoms with Gasteiger partial charge in [0.15, 0.2) is 0 Å². The largest absolute Gasteiger partial charge is 0.313 e. The SMILES string of the molecule is C=C/C(=C(/C)c1cnn([C@H](CC)C2CCCC2)c1)C(C)NC. The molecule has 0 amide bonds. The highest BCUT2D eigenvalue weighted by atomic mass is 15.3. The molecule has 22 heavy (non-hydrogen) atoms. The van der Waals surface area contributed by atoms with Gasteiger partial charge in [-0.1, -0.05) is 32.4 Å². The first-order chi connectivity index (χ1) is 10.6. The van der Waals surface area contributed by atoms with Crippen molar-refractivity contribution in [2.45, 2.75) is 65.0 Å². The molecule has 1 unspecified atom stereocenters. The predicted octanol–water partition coefficient (Wildman–Crippen LogP) is 4.59. The summed E-state index contributed by atoms with van der Waals surface area (Å²) in [5.41, 5.74) is 3.73. The van der Waals surface area contributed by atoms with Crippen LogP contribution in [0.3, 0.4) is 0 Å². The Balaban J connectivity index is 2.26. The summed E-state index contributed by atoms with van der Waals surface area (Å²) < 4.78 is 2.21. The standard InChI is InChI=1S/C19H31N3/c1-6-18(15(4)20-5)14(3)17-12-21-22(13-17)19(7-2)16-10-8-9-11-16/h6,12-13,15-16,19-20H,1,7-11H2,2-5H3/b18-14+/t15?,19-/m1/s1. The minimum Gasteiger partial charge on any atom is -0.313 e. The van der Waals surface area contributed by atoms with E-state index in [1.54, 1.807) is 0 Å². The summed E-state index contributed by atoms with van der Waals surface area (Å²) in [6.07, 6.45) is 12.8. The molecule has 2 rings (SSSR count). The van der Waals surface area contributed by atoms with Gasteiger partial charge in [0.1, 0.15) is 0 Å². The lowest BCUT2D eigenvalue weighted by atomic mass is 9.96. The first kappa shape index (κ1) is 17.0. The number of likely N-dealkylation sites (N-methyl/N-ethyl adjacent to an activating group) is 1. The number of rotatable bonds is 7. The van der Waals surface area contributed by atoms with Crippen LogP contribution in [0, 0.1) is 5.92 Å². The van der Waals surface area contributed by atoms with Gasteiger partial charge in [0.05, 0.1) is 12.2 Å². The van der Waals surface area contributed by atoms with E-state index >= 15 is 0 Å². The molecule has 1 fully saturated rings. The van der Waals surface area contributed by atoms with Crippen molar-refractivity contribution in [1.82, 2.24) is 15.1 Å². The van der Waals surface area contributed by atoms with Gasteiger partial charge >= 0.3 is 0 Å². The maximum atomic E-state index is 4.68. The zero-order chi connectivity index (χ0) is 16.1. The highest BCUT2D eigenvalue weighted by Crippen LogP contribution is 2.36. The molecule has 2 atom stereocenters. The topological polar surface area (TPSA) is 29.9 Å². The predicted molar refractivity (Wildman–Crippen MR) is 94.8 cm³/mol. The van der Waals surface area contributed by atoms with Crippen LogP contribution >= 0.6 is 0 Å². The second-order valence-electron chi connectivity index (χ2n) is 6.52. The molecule has 3 heteroatoms. The second-order valence-corrected chi connectivity index (χ2v) is 6.52. The number of hydrogen-bond acceptors (Lipinski definition) is 2. The van der Waals surface area contributed by atoms with Gasteiger partial charge in [-0.2, -0.15) is 5.10 Å². The van der Waals surface area contributed by atoms with E-state index in [4.69, 9.17) is 0 Å². The van der Waals surface area contributed by atoms with E-state index in [1.165, 1.54) is 42.4 Å². The monoisotopic (exact) mass is 301 g/mol. The molecule has 1 aliphatic carbocycles. The molecule has 0 spiro atoms. The number of nitrogens with one attached hydrogen (secondary N) is 1. The lowest BCUT2D eigenvalue weighted by Crippen LogP contribution is -2.23. The Morgan fingerprint density at radius 1 is 1.50 bits per heavy atom. The van der Waals surface area contributed by atoms with E-state index in [0.717, 1.165) is 12.3 Å². The average Bonchev–Trinajstić information content (AvgIpc) is 3.20. The molecular weight excluding hydrogens is 270 g/mol. The van der Waals surface area contributed by atoms with Gasteiger partial charge in [-0.3, -0.25) is 4.68 Å². The molecule has 1 N–H and O–H groups in total. The summed E-state index contributed by atoms with van der Waals surface area (Å²) >= 11 is 0. The summed E-state index contributed by atoms with van der Waals surface area (Å²) in [4.78, 5) is 0. The Morgan fingerprint density at radius 3 is 2.73 bits per heavy atom. The smallest absolute Gasteiger partial charge is 0.0565 e. The molecule has 1 aromatic rings. The van der Waals surface area contributed by atoms with E-state index < -0.39 is 0 Å². The fourth-order valence-electron chi connectivity index (χ4n) is 3.77. The Kier molecular flexibility index (Phi) is 6.01. The molecule has 0 aromatic carbocycles. The number of hydrogen-bond donors (Lipinski definition) is 1. The zero-order valence-corrected chi connectivity index (χ0v) is 14.6. The third kappa shape index (κ3) is 3.52. The van der Waals surface area contributed by atoms with Gasteiger partial charge in [-0.05, 0) is 57.2 Å². The summed E-state index contributed by atoms with van der Waals surface area (Å²) in [6.45, 7) is 10.6. The van der Waals surface area contributed by atoms with Crippen LogP contribution in [0.25, 0.3) is 5.57 Å². The fraction of sp³-hybridized carbons (Fsp3) is 0.632. The van der Waals surface area contributed by atoms with Gasteiger partial charge in [0.25, 0.3) is 0 Å². The number of allylic oxidation sites excluding steroid dienone is 1. The Bertz CT molecular complexity index is 521. The molecule has 0 saturated heterocycles. The van der Waals surface area contributed by atoms with Crippen molar-refractivity contribution in [3.05, 3.63) is 36.2 Å². The van der Waals surface area contributed by atoms with E-state index in [9.17, 15) is 0 Å². The quantitative estimate of drug-likeness (QED) is 0.746. The van der Waals surface area contributed by atoms with Crippen molar-refractivity contribution in [2.75, 3.05) is 7.05 Å². The van der Waals surface area contributed by atoms with Gasteiger partial charge in [-0.15, -0.1) is 0 Å². The maximum Gasteiger partial charge on any atom is 0.0565 e. The maximum absolute atomic E-state index is 4.68. The van der Waals surface area contributed by atoms with E-state index in [0.29, 0.717) is 12.1 Å². The van der Waals surface area contributed by atoms with Crippen LogP contribution in [0.1, 0.15) is 64.5 Å². The second kappa shape index (κ2) is 7.77. The van der Waals surface area contributed by atoms with Crippen molar-refractivity contribution in [2.24, 2.45) is 5.92 Å². The summed E-state index contributed by atoms with van der Waals surface area (Å²) in [5.74, 6) is 0.803. The first-order valence-corrected chi connectivity index (χ1v) is 8.67. The van der Waals surface area contributed by atoms with Crippen LogP contribution in [-0.2, 0) is 0 Å². The minimum atomic E-state index is 0.303.